The molecule has 28 heavy (non-hydrogen) atoms. The van der Waals surface area contributed by atoms with Crippen LogP contribution in [-0.2, 0) is 5.54 Å². The van der Waals surface area contributed by atoms with Crippen LogP contribution in [0.15, 0.2) is 91.0 Å². The van der Waals surface area contributed by atoms with E-state index in [1.807, 2.05) is 0 Å². The van der Waals surface area contributed by atoms with Crippen molar-refractivity contribution >= 4 is 0 Å². The smallest absolute Gasteiger partial charge is 0.0947 e. The number of unbranched alkanes of at least 4 members (excludes halogenated alkanes) is 5. The first kappa shape index (κ1) is 20.4. The third-order valence-electron chi connectivity index (χ3n) is 5.54. The Morgan fingerprint density at radius 1 is 0.536 bits per heavy atom. The van der Waals surface area contributed by atoms with Gasteiger partial charge in [0.05, 0.1) is 5.54 Å². The predicted molar refractivity (Wildman–Crippen MR) is 121 cm³/mol. The van der Waals surface area contributed by atoms with Gasteiger partial charge < -0.3 is 0 Å². The summed E-state index contributed by atoms with van der Waals surface area (Å²) in [6.07, 6.45) is 7.86. The zero-order valence-corrected chi connectivity index (χ0v) is 17.1. The van der Waals surface area contributed by atoms with Gasteiger partial charge in [0.1, 0.15) is 0 Å². The molecule has 0 bridgehead atoms. The van der Waals surface area contributed by atoms with E-state index in [2.05, 4.69) is 103 Å². The van der Waals surface area contributed by atoms with Crippen LogP contribution in [-0.4, -0.2) is 6.54 Å². The maximum absolute atomic E-state index is 3.97. The monoisotopic (exact) mass is 371 g/mol. The van der Waals surface area contributed by atoms with Gasteiger partial charge in [0.25, 0.3) is 0 Å². The minimum atomic E-state index is -0.326. The summed E-state index contributed by atoms with van der Waals surface area (Å²) in [7, 11) is 0. The van der Waals surface area contributed by atoms with E-state index in [0.29, 0.717) is 0 Å². The molecule has 0 fully saturated rings. The van der Waals surface area contributed by atoms with Gasteiger partial charge in [0.2, 0.25) is 0 Å². The summed E-state index contributed by atoms with van der Waals surface area (Å²) in [5.74, 6) is 0. The van der Waals surface area contributed by atoms with E-state index in [1.165, 1.54) is 55.2 Å². The van der Waals surface area contributed by atoms with Gasteiger partial charge in [-0.1, -0.05) is 130 Å². The van der Waals surface area contributed by atoms with Crippen molar-refractivity contribution in [1.29, 1.82) is 0 Å². The summed E-state index contributed by atoms with van der Waals surface area (Å²) >= 11 is 0. The molecule has 0 aromatic heterocycles. The summed E-state index contributed by atoms with van der Waals surface area (Å²) in [4.78, 5) is 0. The van der Waals surface area contributed by atoms with Crippen LogP contribution in [0.1, 0.15) is 62.1 Å². The fraction of sp³-hybridized carbons (Fsp3) is 0.333. The summed E-state index contributed by atoms with van der Waals surface area (Å²) < 4.78 is 0. The van der Waals surface area contributed by atoms with Crippen LogP contribution in [0.5, 0.6) is 0 Å². The molecule has 0 saturated carbocycles. The summed E-state index contributed by atoms with van der Waals surface area (Å²) in [6, 6.07) is 32.6. The quantitative estimate of drug-likeness (QED) is 0.285. The van der Waals surface area contributed by atoms with E-state index in [4.69, 9.17) is 0 Å². The average Bonchev–Trinajstić information content (AvgIpc) is 2.78. The topological polar surface area (TPSA) is 12.0 Å². The van der Waals surface area contributed by atoms with Crippen molar-refractivity contribution in [2.75, 3.05) is 6.54 Å². The summed E-state index contributed by atoms with van der Waals surface area (Å²) in [5, 5.41) is 3.97. The van der Waals surface area contributed by atoms with Gasteiger partial charge in [0.15, 0.2) is 0 Å². The lowest BCUT2D eigenvalue weighted by atomic mass is 9.77. The first-order valence-corrected chi connectivity index (χ1v) is 10.8. The van der Waals surface area contributed by atoms with Crippen LogP contribution in [0.3, 0.4) is 0 Å². The average molecular weight is 372 g/mol. The van der Waals surface area contributed by atoms with Gasteiger partial charge in [-0.15, -0.1) is 0 Å². The Kier molecular flexibility index (Phi) is 7.87. The van der Waals surface area contributed by atoms with E-state index >= 15 is 0 Å². The molecule has 3 aromatic rings. The SMILES string of the molecule is CCCCCCCCNC(c1ccccc1)(c1ccccc1)c1ccccc1. The molecule has 0 aliphatic carbocycles. The highest BCUT2D eigenvalue weighted by Gasteiger charge is 2.35. The Labute approximate surface area is 170 Å². The standard InChI is InChI=1S/C27H33N/c1-2-3-4-5-6-16-23-28-27(24-17-10-7-11-18-24,25-19-12-8-13-20-25)26-21-14-9-15-22-26/h7-15,17-22,28H,2-6,16,23H2,1H3. The van der Waals surface area contributed by atoms with Gasteiger partial charge in [-0.25, -0.2) is 0 Å². The molecule has 0 unspecified atom stereocenters. The third-order valence-corrected chi connectivity index (χ3v) is 5.54. The number of hydrogen-bond donors (Lipinski definition) is 1. The molecular formula is C27H33N. The second-order valence-corrected chi connectivity index (χ2v) is 7.54. The molecule has 146 valence electrons. The summed E-state index contributed by atoms with van der Waals surface area (Å²) in [6.45, 7) is 3.28. The third kappa shape index (κ3) is 4.91. The van der Waals surface area contributed by atoms with Crippen LogP contribution < -0.4 is 5.32 Å². The fourth-order valence-electron chi connectivity index (χ4n) is 4.05. The highest BCUT2D eigenvalue weighted by atomic mass is 15.0. The molecular weight excluding hydrogens is 338 g/mol. The Morgan fingerprint density at radius 2 is 0.929 bits per heavy atom. The molecule has 0 spiro atoms. The zero-order chi connectivity index (χ0) is 19.5. The largest absolute Gasteiger partial charge is 0.300 e. The van der Waals surface area contributed by atoms with Crippen LogP contribution in [0, 0.1) is 0 Å². The Hall–Kier alpha value is -2.38. The van der Waals surface area contributed by atoms with E-state index in [-0.39, 0.29) is 5.54 Å². The second-order valence-electron chi connectivity index (χ2n) is 7.54. The van der Waals surface area contributed by atoms with Crippen molar-refractivity contribution < 1.29 is 0 Å². The van der Waals surface area contributed by atoms with E-state index in [1.54, 1.807) is 0 Å². The van der Waals surface area contributed by atoms with Crippen LogP contribution >= 0.6 is 0 Å². The molecule has 0 heterocycles. The Balaban J connectivity index is 1.91. The predicted octanol–water partition coefficient (Wildman–Crippen LogP) is 6.93. The number of nitrogens with one attached hydrogen (secondary N) is 1. The van der Waals surface area contributed by atoms with E-state index < -0.39 is 0 Å². The fourth-order valence-corrected chi connectivity index (χ4v) is 4.05. The number of hydrogen-bond acceptors (Lipinski definition) is 1. The summed E-state index contributed by atoms with van der Waals surface area (Å²) in [5.41, 5.74) is 3.54. The lowest BCUT2D eigenvalue weighted by Crippen LogP contribution is -2.45. The molecule has 3 aromatic carbocycles. The van der Waals surface area contributed by atoms with Gasteiger partial charge in [0, 0.05) is 0 Å². The lowest BCUT2D eigenvalue weighted by molar-refractivity contribution is 0.455. The minimum Gasteiger partial charge on any atom is -0.300 e. The van der Waals surface area contributed by atoms with Gasteiger partial charge >= 0.3 is 0 Å². The van der Waals surface area contributed by atoms with Crippen LogP contribution in [0.25, 0.3) is 0 Å². The molecule has 0 radical (unpaired) electrons. The van der Waals surface area contributed by atoms with E-state index in [0.717, 1.165) is 6.54 Å². The first-order valence-electron chi connectivity index (χ1n) is 10.8. The molecule has 0 aliphatic heterocycles. The number of benzene rings is 3. The molecule has 1 heteroatoms. The molecule has 0 amide bonds. The van der Waals surface area contributed by atoms with Gasteiger partial charge in [-0.2, -0.15) is 0 Å². The van der Waals surface area contributed by atoms with Gasteiger partial charge in [-0.3, -0.25) is 5.32 Å². The zero-order valence-electron chi connectivity index (χ0n) is 17.1. The van der Waals surface area contributed by atoms with Crippen LogP contribution in [0.4, 0.5) is 0 Å². The highest BCUT2D eigenvalue weighted by molar-refractivity contribution is 5.49. The van der Waals surface area contributed by atoms with Crippen LogP contribution in [0.2, 0.25) is 0 Å². The van der Waals surface area contributed by atoms with Crippen molar-refractivity contribution in [1.82, 2.24) is 5.32 Å². The molecule has 1 nitrogen and oxygen atoms in total. The van der Waals surface area contributed by atoms with E-state index in [9.17, 15) is 0 Å². The highest BCUT2D eigenvalue weighted by Crippen LogP contribution is 2.36. The molecule has 0 saturated heterocycles. The maximum atomic E-state index is 3.97. The Morgan fingerprint density at radius 3 is 1.36 bits per heavy atom. The molecule has 1 N–H and O–H groups in total. The molecule has 3 rings (SSSR count). The Bertz CT molecular complexity index is 684. The van der Waals surface area contributed by atoms with Crippen molar-refractivity contribution in [3.8, 4) is 0 Å². The van der Waals surface area contributed by atoms with Crippen molar-refractivity contribution in [2.24, 2.45) is 0 Å². The molecule has 0 aliphatic rings. The second kappa shape index (κ2) is 10.8. The molecule has 0 atom stereocenters. The minimum absolute atomic E-state index is 0.326. The van der Waals surface area contributed by atoms with Gasteiger partial charge in [-0.05, 0) is 29.7 Å². The first-order chi connectivity index (χ1) is 13.9. The van der Waals surface area contributed by atoms with Crippen molar-refractivity contribution in [3.05, 3.63) is 108 Å². The normalized spacial score (nSPS) is 11.5. The number of rotatable bonds is 11. The lowest BCUT2D eigenvalue weighted by Gasteiger charge is -2.37. The maximum Gasteiger partial charge on any atom is 0.0947 e. The van der Waals surface area contributed by atoms with Crippen molar-refractivity contribution in [3.63, 3.8) is 0 Å². The van der Waals surface area contributed by atoms with Crippen molar-refractivity contribution in [2.45, 2.75) is 51.0 Å².